The topological polar surface area (TPSA) is 45.2 Å². The molecular weight excluding hydrogens is 270 g/mol. The van der Waals surface area contributed by atoms with Gasteiger partial charge < -0.3 is 10.2 Å². The van der Waals surface area contributed by atoms with E-state index in [0.29, 0.717) is 5.88 Å². The first-order valence-corrected chi connectivity index (χ1v) is 7.37. The number of thiazole rings is 1. The largest absolute Gasteiger partial charge is 0.359 e. The Morgan fingerprint density at radius 3 is 2.94 bits per heavy atom. The van der Waals surface area contributed by atoms with E-state index in [1.807, 2.05) is 19.4 Å². The smallest absolute Gasteiger partial charge is 0.223 e. The van der Waals surface area contributed by atoms with Crippen molar-refractivity contribution in [1.82, 2.24) is 15.2 Å². The fraction of sp³-hybridized carbons (Fsp3) is 0.667. The van der Waals surface area contributed by atoms with Crippen LogP contribution in [0, 0.1) is 5.92 Å². The van der Waals surface area contributed by atoms with Gasteiger partial charge in [-0.25, -0.2) is 4.98 Å². The second kappa shape index (κ2) is 7.71. The van der Waals surface area contributed by atoms with Crippen molar-refractivity contribution in [3.05, 3.63) is 16.1 Å². The minimum Gasteiger partial charge on any atom is -0.359 e. The summed E-state index contributed by atoms with van der Waals surface area (Å²) in [6.07, 6.45) is 0.901. The van der Waals surface area contributed by atoms with Gasteiger partial charge >= 0.3 is 0 Å². The fourth-order valence-corrected chi connectivity index (χ4v) is 2.72. The molecule has 1 amide bonds. The molecule has 0 spiro atoms. The first-order valence-electron chi connectivity index (χ1n) is 5.96. The molecule has 1 aromatic rings. The van der Waals surface area contributed by atoms with Crippen molar-refractivity contribution in [1.29, 1.82) is 0 Å². The van der Waals surface area contributed by atoms with Gasteiger partial charge in [0.15, 0.2) is 0 Å². The molecule has 1 N–H and O–H groups in total. The molecule has 0 aliphatic rings. The zero-order valence-electron chi connectivity index (χ0n) is 11.1. The molecule has 0 aromatic carbocycles. The highest BCUT2D eigenvalue weighted by molar-refractivity contribution is 7.09. The molecule has 1 rings (SSSR count). The molecule has 102 valence electrons. The van der Waals surface area contributed by atoms with Crippen LogP contribution in [-0.4, -0.2) is 43.0 Å². The predicted octanol–water partition coefficient (Wildman–Crippen LogP) is 1.74. The molecule has 0 saturated heterocycles. The number of nitrogens with zero attached hydrogens (tertiary/aromatic N) is 2. The van der Waals surface area contributed by atoms with Crippen LogP contribution in [0.5, 0.6) is 0 Å². The molecule has 0 fully saturated rings. The average Bonchev–Trinajstić information content (AvgIpc) is 2.83. The molecule has 1 aromatic heterocycles. The summed E-state index contributed by atoms with van der Waals surface area (Å²) in [5.74, 6) is 0.565. The number of aromatic nitrogens is 1. The second-order valence-electron chi connectivity index (χ2n) is 4.39. The van der Waals surface area contributed by atoms with Crippen molar-refractivity contribution in [3.8, 4) is 0 Å². The number of halogens is 1. The maximum absolute atomic E-state index is 11.4. The van der Waals surface area contributed by atoms with Gasteiger partial charge in [-0.2, -0.15) is 0 Å². The van der Waals surface area contributed by atoms with Crippen molar-refractivity contribution in [2.45, 2.75) is 19.2 Å². The lowest BCUT2D eigenvalue weighted by Gasteiger charge is -2.19. The lowest BCUT2D eigenvalue weighted by Crippen LogP contribution is -2.35. The van der Waals surface area contributed by atoms with Gasteiger partial charge in [-0.15, -0.1) is 22.9 Å². The molecule has 0 aliphatic heterocycles. The Morgan fingerprint density at radius 1 is 1.67 bits per heavy atom. The number of carbonyl (C=O) groups is 1. The van der Waals surface area contributed by atoms with Gasteiger partial charge in [0.1, 0.15) is 0 Å². The third-order valence-corrected chi connectivity index (χ3v) is 3.95. The van der Waals surface area contributed by atoms with E-state index in [4.69, 9.17) is 11.6 Å². The summed E-state index contributed by atoms with van der Waals surface area (Å²) in [6.45, 7) is 3.59. The number of likely N-dealkylation sites (N-methyl/N-ethyl adjacent to an activating group) is 1. The maximum atomic E-state index is 11.4. The van der Waals surface area contributed by atoms with E-state index in [2.05, 4.69) is 15.2 Å². The molecule has 1 unspecified atom stereocenters. The van der Waals surface area contributed by atoms with Crippen molar-refractivity contribution in [2.75, 3.05) is 27.2 Å². The van der Waals surface area contributed by atoms with Gasteiger partial charge in [0.2, 0.25) is 5.91 Å². The summed E-state index contributed by atoms with van der Waals surface area (Å²) < 4.78 is 0. The van der Waals surface area contributed by atoms with E-state index in [1.54, 1.807) is 18.4 Å². The van der Waals surface area contributed by atoms with E-state index >= 15 is 0 Å². The van der Waals surface area contributed by atoms with Crippen molar-refractivity contribution >= 4 is 28.8 Å². The van der Waals surface area contributed by atoms with Gasteiger partial charge in [0.05, 0.1) is 16.6 Å². The van der Waals surface area contributed by atoms with Crippen LogP contribution in [0.1, 0.15) is 17.6 Å². The van der Waals surface area contributed by atoms with Crippen LogP contribution in [0.3, 0.4) is 0 Å². The van der Waals surface area contributed by atoms with Gasteiger partial charge in [-0.3, -0.25) is 4.79 Å². The van der Waals surface area contributed by atoms with Gasteiger partial charge in [0, 0.05) is 37.9 Å². The summed E-state index contributed by atoms with van der Waals surface area (Å²) in [6, 6.07) is 0. The standard InChI is InChI=1S/C12H20ClN3OS/c1-9(12(17)14-2)7-16(3)5-4-11-15-10(6-13)8-18-11/h8-9H,4-7H2,1-3H3,(H,14,17). The first kappa shape index (κ1) is 15.4. The van der Waals surface area contributed by atoms with Crippen LogP contribution in [0.2, 0.25) is 0 Å². The zero-order valence-corrected chi connectivity index (χ0v) is 12.6. The van der Waals surface area contributed by atoms with Crippen LogP contribution in [-0.2, 0) is 17.1 Å². The third-order valence-electron chi connectivity index (χ3n) is 2.72. The third kappa shape index (κ3) is 4.92. The molecule has 18 heavy (non-hydrogen) atoms. The second-order valence-corrected chi connectivity index (χ2v) is 5.60. The molecule has 6 heteroatoms. The van der Waals surface area contributed by atoms with Gasteiger partial charge in [-0.05, 0) is 7.05 Å². The summed E-state index contributed by atoms with van der Waals surface area (Å²) in [4.78, 5) is 18.0. The Hall–Kier alpha value is -0.650. The number of alkyl halides is 1. The number of carbonyl (C=O) groups excluding carboxylic acids is 1. The van der Waals surface area contributed by atoms with E-state index < -0.39 is 0 Å². The Bertz CT molecular complexity index is 383. The van der Waals surface area contributed by atoms with Crippen LogP contribution in [0.4, 0.5) is 0 Å². The zero-order chi connectivity index (χ0) is 13.5. The van der Waals surface area contributed by atoms with Crippen molar-refractivity contribution < 1.29 is 4.79 Å². The summed E-state index contributed by atoms with van der Waals surface area (Å²) in [7, 11) is 3.69. The molecule has 1 heterocycles. The molecule has 0 bridgehead atoms. The minimum atomic E-state index is 0.00898. The summed E-state index contributed by atoms with van der Waals surface area (Å²) >= 11 is 7.36. The molecular formula is C12H20ClN3OS. The highest BCUT2D eigenvalue weighted by Gasteiger charge is 2.13. The van der Waals surface area contributed by atoms with Gasteiger partial charge in [-0.1, -0.05) is 6.92 Å². The van der Waals surface area contributed by atoms with Crippen molar-refractivity contribution in [2.24, 2.45) is 5.92 Å². The lowest BCUT2D eigenvalue weighted by atomic mass is 10.1. The Balaban J connectivity index is 2.32. The first-order chi connectivity index (χ1) is 8.56. The van der Waals surface area contributed by atoms with Crippen molar-refractivity contribution in [3.63, 3.8) is 0 Å². The number of hydrogen-bond acceptors (Lipinski definition) is 4. The van der Waals surface area contributed by atoms with E-state index in [9.17, 15) is 4.79 Å². The number of hydrogen-bond donors (Lipinski definition) is 1. The predicted molar refractivity (Wildman–Crippen MR) is 76.1 cm³/mol. The Kier molecular flexibility index (Phi) is 6.60. The minimum absolute atomic E-state index is 0.00898. The molecule has 0 aliphatic carbocycles. The monoisotopic (exact) mass is 289 g/mol. The van der Waals surface area contributed by atoms with Gasteiger partial charge in [0.25, 0.3) is 0 Å². The molecule has 0 saturated carbocycles. The summed E-state index contributed by atoms with van der Waals surface area (Å²) in [5, 5.41) is 5.76. The highest BCUT2D eigenvalue weighted by Crippen LogP contribution is 2.12. The molecule has 1 atom stereocenters. The molecule has 0 radical (unpaired) electrons. The number of nitrogens with one attached hydrogen (secondary N) is 1. The SMILES string of the molecule is CNC(=O)C(C)CN(C)CCc1nc(CCl)cs1. The molecule has 4 nitrogen and oxygen atoms in total. The summed E-state index contributed by atoms with van der Waals surface area (Å²) in [5.41, 5.74) is 0.943. The van der Waals surface area contributed by atoms with E-state index in [0.717, 1.165) is 30.2 Å². The normalized spacial score (nSPS) is 12.7. The fourth-order valence-electron chi connectivity index (χ4n) is 1.70. The Morgan fingerprint density at radius 2 is 2.39 bits per heavy atom. The van der Waals surface area contributed by atoms with Crippen LogP contribution in [0.15, 0.2) is 5.38 Å². The highest BCUT2D eigenvalue weighted by atomic mass is 35.5. The Labute approximate surface area is 117 Å². The number of amides is 1. The quantitative estimate of drug-likeness (QED) is 0.778. The van der Waals surface area contributed by atoms with E-state index in [-0.39, 0.29) is 11.8 Å². The average molecular weight is 290 g/mol. The van der Waals surface area contributed by atoms with Crippen LogP contribution < -0.4 is 5.32 Å². The number of rotatable bonds is 7. The van der Waals surface area contributed by atoms with Crippen LogP contribution in [0.25, 0.3) is 0 Å². The maximum Gasteiger partial charge on any atom is 0.223 e. The van der Waals surface area contributed by atoms with E-state index in [1.165, 1.54) is 0 Å². The van der Waals surface area contributed by atoms with Crippen LogP contribution >= 0.6 is 22.9 Å². The lowest BCUT2D eigenvalue weighted by molar-refractivity contribution is -0.124.